The molecule has 0 atom stereocenters. The highest BCUT2D eigenvalue weighted by Gasteiger charge is 2.18. The molecule has 0 radical (unpaired) electrons. The lowest BCUT2D eigenvalue weighted by Crippen LogP contribution is -2.05. The van der Waals surface area contributed by atoms with Gasteiger partial charge in [0, 0.05) is 6.54 Å². The molecule has 1 heterocycles. The number of nitrogens with zero attached hydrogens (tertiary/aromatic N) is 2. The third-order valence-corrected chi connectivity index (χ3v) is 2.79. The van der Waals surface area contributed by atoms with E-state index in [1.165, 1.54) is 0 Å². The summed E-state index contributed by atoms with van der Waals surface area (Å²) in [5.41, 5.74) is 1.31. The van der Waals surface area contributed by atoms with Crippen molar-refractivity contribution in [1.82, 2.24) is 9.78 Å². The Morgan fingerprint density at radius 3 is 2.54 bits per heavy atom. The van der Waals surface area contributed by atoms with E-state index >= 15 is 0 Å². The molecule has 0 aliphatic carbocycles. The summed E-state index contributed by atoms with van der Waals surface area (Å²) in [6.07, 6.45) is 0.782. The van der Waals surface area contributed by atoms with Gasteiger partial charge < -0.3 is 0 Å². The van der Waals surface area contributed by atoms with E-state index in [4.69, 9.17) is 11.6 Å². The summed E-state index contributed by atoms with van der Waals surface area (Å²) in [6, 6.07) is 0. The van der Waals surface area contributed by atoms with Crippen LogP contribution < -0.4 is 0 Å². The molecule has 5 heteroatoms. The quantitative estimate of drug-likeness (QED) is 0.788. The second kappa shape index (κ2) is 4.24. The first-order chi connectivity index (χ1) is 6.11. The zero-order chi connectivity index (χ0) is 10.0. The van der Waals surface area contributed by atoms with Gasteiger partial charge in [0.2, 0.25) is 0 Å². The van der Waals surface area contributed by atoms with Crippen LogP contribution in [0.3, 0.4) is 0 Å². The van der Waals surface area contributed by atoms with Gasteiger partial charge in [-0.1, -0.05) is 6.92 Å². The van der Waals surface area contributed by atoms with Crippen LogP contribution >= 0.6 is 27.5 Å². The zero-order valence-electron chi connectivity index (χ0n) is 7.47. The van der Waals surface area contributed by atoms with Crippen LogP contribution in [0.4, 0.5) is 0 Å². The Morgan fingerprint density at radius 2 is 2.23 bits per heavy atom. The van der Waals surface area contributed by atoms with Crippen LogP contribution in [0, 0.1) is 0 Å². The summed E-state index contributed by atoms with van der Waals surface area (Å²) in [5.74, 6) is 0. The molecule has 72 valence electrons. The van der Waals surface area contributed by atoms with Gasteiger partial charge in [-0.25, -0.2) is 0 Å². The van der Waals surface area contributed by atoms with Gasteiger partial charge in [-0.15, -0.1) is 0 Å². The number of aromatic nitrogens is 2. The minimum absolute atomic E-state index is 0.445. The molecule has 13 heavy (non-hydrogen) atoms. The molecular formula is C8H10BrClN2O. The second-order valence-electron chi connectivity index (χ2n) is 2.55. The van der Waals surface area contributed by atoms with Gasteiger partial charge >= 0.3 is 0 Å². The Kier molecular flexibility index (Phi) is 3.50. The van der Waals surface area contributed by atoms with Gasteiger partial charge in [0.05, 0.1) is 10.2 Å². The Balaban J connectivity index is 3.28. The van der Waals surface area contributed by atoms with Crippen LogP contribution in [-0.2, 0) is 13.0 Å². The summed E-state index contributed by atoms with van der Waals surface area (Å²) < 4.78 is 2.33. The maximum Gasteiger partial charge on any atom is 0.271 e. The maximum atomic E-state index is 11.0. The first-order valence-electron chi connectivity index (χ1n) is 4.06. The molecule has 0 amide bonds. The number of rotatable bonds is 3. The van der Waals surface area contributed by atoms with Crippen LogP contribution in [0.25, 0.3) is 0 Å². The van der Waals surface area contributed by atoms with Gasteiger partial charge in [0.1, 0.15) is 5.69 Å². The molecule has 0 saturated carbocycles. The van der Waals surface area contributed by atoms with Crippen molar-refractivity contribution in [2.24, 2.45) is 0 Å². The zero-order valence-corrected chi connectivity index (χ0v) is 9.81. The summed E-state index contributed by atoms with van der Waals surface area (Å²) in [5, 5.41) is 3.76. The van der Waals surface area contributed by atoms with Crippen molar-refractivity contribution in [3.8, 4) is 0 Å². The molecule has 0 N–H and O–H groups in total. The van der Waals surface area contributed by atoms with Crippen molar-refractivity contribution in [2.75, 3.05) is 0 Å². The molecule has 3 nitrogen and oxygen atoms in total. The van der Waals surface area contributed by atoms with Crippen molar-refractivity contribution in [1.29, 1.82) is 0 Å². The molecule has 1 aromatic heterocycles. The van der Waals surface area contributed by atoms with Gasteiger partial charge in [-0.2, -0.15) is 5.10 Å². The average Bonchev–Trinajstić information content (AvgIpc) is 2.41. The largest absolute Gasteiger partial charge is 0.274 e. The molecular weight excluding hydrogens is 255 g/mol. The van der Waals surface area contributed by atoms with E-state index in [2.05, 4.69) is 21.0 Å². The number of hydrogen-bond acceptors (Lipinski definition) is 2. The van der Waals surface area contributed by atoms with Gasteiger partial charge in [-0.3, -0.25) is 9.48 Å². The van der Waals surface area contributed by atoms with Crippen molar-refractivity contribution in [2.45, 2.75) is 26.8 Å². The predicted octanol–water partition coefficient (Wildman–Crippen LogP) is 2.61. The topological polar surface area (TPSA) is 34.9 Å². The highest BCUT2D eigenvalue weighted by Crippen LogP contribution is 2.23. The molecule has 0 aliphatic heterocycles. The normalized spacial score (nSPS) is 10.5. The Morgan fingerprint density at radius 1 is 1.62 bits per heavy atom. The Labute approximate surface area is 90.2 Å². The van der Waals surface area contributed by atoms with Crippen LogP contribution in [-0.4, -0.2) is 15.0 Å². The van der Waals surface area contributed by atoms with E-state index in [-0.39, 0.29) is 0 Å². The minimum atomic E-state index is -0.471. The first-order valence-corrected chi connectivity index (χ1v) is 5.23. The molecule has 0 bridgehead atoms. The lowest BCUT2D eigenvalue weighted by molar-refractivity contribution is 0.107. The third kappa shape index (κ3) is 1.94. The van der Waals surface area contributed by atoms with Crippen molar-refractivity contribution in [3.05, 3.63) is 15.9 Å². The predicted molar refractivity (Wildman–Crippen MR) is 55.2 cm³/mol. The number of aryl methyl sites for hydroxylation is 2. The fourth-order valence-electron chi connectivity index (χ4n) is 1.13. The molecule has 0 unspecified atom stereocenters. The Hall–Kier alpha value is -0.350. The monoisotopic (exact) mass is 264 g/mol. The van der Waals surface area contributed by atoms with E-state index in [9.17, 15) is 4.79 Å². The van der Waals surface area contributed by atoms with E-state index in [1.807, 2.05) is 13.8 Å². The van der Waals surface area contributed by atoms with Crippen LogP contribution in [0.15, 0.2) is 4.47 Å². The van der Waals surface area contributed by atoms with Gasteiger partial charge in [0.15, 0.2) is 0 Å². The second-order valence-corrected chi connectivity index (χ2v) is 3.69. The number of carbonyl (C=O) groups excluding carboxylic acids is 1. The molecule has 0 spiro atoms. The number of carbonyl (C=O) groups is 1. The summed E-state index contributed by atoms with van der Waals surface area (Å²) in [6.45, 7) is 4.55. The van der Waals surface area contributed by atoms with E-state index < -0.39 is 5.24 Å². The fraction of sp³-hybridized carbons (Fsp3) is 0.500. The highest BCUT2D eigenvalue weighted by molar-refractivity contribution is 9.10. The summed E-state index contributed by atoms with van der Waals surface area (Å²) in [7, 11) is 0. The molecule has 0 aromatic carbocycles. The SMILES string of the molecule is CCc1nn(CC)c(C(=O)Cl)c1Br. The fourth-order valence-corrected chi connectivity index (χ4v) is 2.18. The Bertz CT molecular complexity index is 335. The van der Waals surface area contributed by atoms with E-state index in [1.54, 1.807) is 4.68 Å². The molecule has 0 fully saturated rings. The van der Waals surface area contributed by atoms with Crippen LogP contribution in [0.2, 0.25) is 0 Å². The molecule has 1 aromatic rings. The molecule has 0 saturated heterocycles. The standard InChI is InChI=1S/C8H10BrClN2O/c1-3-5-6(9)7(8(10)13)12(4-2)11-5/h3-4H2,1-2H3. The number of hydrogen-bond donors (Lipinski definition) is 0. The maximum absolute atomic E-state index is 11.0. The van der Waals surface area contributed by atoms with E-state index in [0.717, 1.165) is 16.6 Å². The van der Waals surface area contributed by atoms with Crippen molar-refractivity contribution < 1.29 is 4.79 Å². The third-order valence-electron chi connectivity index (χ3n) is 1.78. The van der Waals surface area contributed by atoms with E-state index in [0.29, 0.717) is 12.2 Å². The van der Waals surface area contributed by atoms with Crippen molar-refractivity contribution >= 4 is 32.8 Å². The lowest BCUT2D eigenvalue weighted by Gasteiger charge is -1.98. The smallest absolute Gasteiger partial charge is 0.271 e. The van der Waals surface area contributed by atoms with Crippen LogP contribution in [0.5, 0.6) is 0 Å². The molecule has 1 rings (SSSR count). The summed E-state index contributed by atoms with van der Waals surface area (Å²) in [4.78, 5) is 11.0. The van der Waals surface area contributed by atoms with Crippen LogP contribution in [0.1, 0.15) is 30.0 Å². The number of halogens is 2. The van der Waals surface area contributed by atoms with Gasteiger partial charge in [0.25, 0.3) is 5.24 Å². The first kappa shape index (κ1) is 10.7. The molecule has 0 aliphatic rings. The summed E-state index contributed by atoms with van der Waals surface area (Å²) >= 11 is 8.75. The van der Waals surface area contributed by atoms with Gasteiger partial charge in [-0.05, 0) is 40.9 Å². The average molecular weight is 266 g/mol. The van der Waals surface area contributed by atoms with Crippen molar-refractivity contribution in [3.63, 3.8) is 0 Å². The highest BCUT2D eigenvalue weighted by atomic mass is 79.9. The lowest BCUT2D eigenvalue weighted by atomic mass is 10.3. The minimum Gasteiger partial charge on any atom is -0.274 e.